The van der Waals surface area contributed by atoms with Gasteiger partial charge >= 0.3 is 0 Å². The van der Waals surface area contributed by atoms with Crippen LogP contribution in [0.4, 0.5) is 0 Å². The SMILES string of the molecule is COc1ccc(CNC(=O)C(C)N(C)Cc2cccc(OC)c2OC)cc1. The van der Waals surface area contributed by atoms with E-state index in [1.165, 1.54) is 0 Å². The van der Waals surface area contributed by atoms with Gasteiger partial charge in [0.2, 0.25) is 5.91 Å². The molecule has 1 atom stereocenters. The van der Waals surface area contributed by atoms with Crippen LogP contribution in [0.2, 0.25) is 0 Å². The molecule has 1 amide bonds. The van der Waals surface area contributed by atoms with E-state index in [0.717, 1.165) is 16.9 Å². The van der Waals surface area contributed by atoms with E-state index in [4.69, 9.17) is 14.2 Å². The van der Waals surface area contributed by atoms with Gasteiger partial charge in [-0.25, -0.2) is 0 Å². The highest BCUT2D eigenvalue weighted by Crippen LogP contribution is 2.31. The molecule has 146 valence electrons. The normalized spacial score (nSPS) is 11.8. The van der Waals surface area contributed by atoms with E-state index in [1.54, 1.807) is 21.3 Å². The molecule has 0 fully saturated rings. The molecule has 0 radical (unpaired) electrons. The second-order valence-electron chi connectivity index (χ2n) is 6.31. The molecule has 27 heavy (non-hydrogen) atoms. The summed E-state index contributed by atoms with van der Waals surface area (Å²) in [7, 11) is 6.77. The van der Waals surface area contributed by atoms with Gasteiger partial charge in [0.25, 0.3) is 0 Å². The van der Waals surface area contributed by atoms with Gasteiger partial charge in [-0.3, -0.25) is 9.69 Å². The summed E-state index contributed by atoms with van der Waals surface area (Å²) in [6, 6.07) is 13.1. The number of likely N-dealkylation sites (N-methyl/N-ethyl adjacent to an activating group) is 1. The predicted molar refractivity (Wildman–Crippen MR) is 105 cm³/mol. The molecular formula is C21H28N2O4. The number of hydrogen-bond acceptors (Lipinski definition) is 5. The molecule has 2 rings (SSSR count). The molecule has 0 spiro atoms. The van der Waals surface area contributed by atoms with E-state index in [0.29, 0.717) is 24.6 Å². The van der Waals surface area contributed by atoms with Crippen molar-refractivity contribution in [1.82, 2.24) is 10.2 Å². The maximum atomic E-state index is 12.5. The van der Waals surface area contributed by atoms with Crippen LogP contribution < -0.4 is 19.5 Å². The van der Waals surface area contributed by atoms with Gasteiger partial charge in [-0.1, -0.05) is 24.3 Å². The van der Waals surface area contributed by atoms with Crippen molar-refractivity contribution in [3.05, 3.63) is 53.6 Å². The van der Waals surface area contributed by atoms with Crippen molar-refractivity contribution in [1.29, 1.82) is 0 Å². The van der Waals surface area contributed by atoms with Crippen molar-refractivity contribution in [3.8, 4) is 17.2 Å². The number of ether oxygens (including phenoxy) is 3. The summed E-state index contributed by atoms with van der Waals surface area (Å²) in [6.07, 6.45) is 0. The standard InChI is InChI=1S/C21H28N2O4/c1-15(21(24)22-13-16-9-11-18(25-3)12-10-16)23(2)14-17-7-6-8-19(26-4)20(17)27-5/h6-12,15H,13-14H2,1-5H3,(H,22,24). The van der Waals surface area contributed by atoms with E-state index < -0.39 is 0 Å². The first-order valence-corrected chi connectivity index (χ1v) is 8.80. The zero-order valence-electron chi connectivity index (χ0n) is 16.6. The number of carbonyl (C=O) groups excluding carboxylic acids is 1. The Morgan fingerprint density at radius 1 is 1.04 bits per heavy atom. The highest BCUT2D eigenvalue weighted by molar-refractivity contribution is 5.81. The summed E-state index contributed by atoms with van der Waals surface area (Å²) in [5.74, 6) is 2.14. The second-order valence-corrected chi connectivity index (χ2v) is 6.31. The van der Waals surface area contributed by atoms with Crippen LogP contribution in [0.5, 0.6) is 17.2 Å². The maximum Gasteiger partial charge on any atom is 0.237 e. The van der Waals surface area contributed by atoms with Gasteiger partial charge in [0.05, 0.1) is 27.4 Å². The van der Waals surface area contributed by atoms with E-state index in [2.05, 4.69) is 5.32 Å². The molecule has 6 heteroatoms. The Hall–Kier alpha value is -2.73. The lowest BCUT2D eigenvalue weighted by atomic mass is 10.1. The Labute approximate surface area is 161 Å². The molecule has 0 aromatic heterocycles. The minimum Gasteiger partial charge on any atom is -0.497 e. The number of benzene rings is 2. The summed E-state index contributed by atoms with van der Waals surface area (Å²) in [6.45, 7) is 2.93. The number of methoxy groups -OCH3 is 3. The smallest absolute Gasteiger partial charge is 0.237 e. The number of hydrogen-bond donors (Lipinski definition) is 1. The molecule has 1 unspecified atom stereocenters. The lowest BCUT2D eigenvalue weighted by Crippen LogP contribution is -2.42. The van der Waals surface area contributed by atoms with Gasteiger partial charge in [-0.2, -0.15) is 0 Å². The zero-order valence-corrected chi connectivity index (χ0v) is 16.6. The summed E-state index contributed by atoms with van der Waals surface area (Å²) >= 11 is 0. The quantitative estimate of drug-likeness (QED) is 0.733. The summed E-state index contributed by atoms with van der Waals surface area (Å²) in [5.41, 5.74) is 1.99. The van der Waals surface area contributed by atoms with Crippen LogP contribution in [0, 0.1) is 0 Å². The molecule has 0 aliphatic heterocycles. The van der Waals surface area contributed by atoms with Crippen molar-refractivity contribution in [2.45, 2.75) is 26.1 Å². The minimum absolute atomic E-state index is 0.0322. The molecule has 0 saturated carbocycles. The number of nitrogens with zero attached hydrogens (tertiary/aromatic N) is 1. The minimum atomic E-state index is -0.292. The number of nitrogens with one attached hydrogen (secondary N) is 1. The fourth-order valence-electron chi connectivity index (χ4n) is 2.76. The molecule has 0 aliphatic rings. The Kier molecular flexibility index (Phi) is 7.49. The van der Waals surface area contributed by atoms with Crippen LogP contribution in [0.25, 0.3) is 0 Å². The Morgan fingerprint density at radius 2 is 1.74 bits per heavy atom. The van der Waals surface area contributed by atoms with Crippen molar-refractivity contribution in [2.75, 3.05) is 28.4 Å². The zero-order chi connectivity index (χ0) is 19.8. The third-order valence-corrected chi connectivity index (χ3v) is 4.57. The van der Waals surface area contributed by atoms with Crippen molar-refractivity contribution in [3.63, 3.8) is 0 Å². The lowest BCUT2D eigenvalue weighted by Gasteiger charge is -2.25. The van der Waals surface area contributed by atoms with Gasteiger partial charge < -0.3 is 19.5 Å². The van der Waals surface area contributed by atoms with Crippen LogP contribution in [0.15, 0.2) is 42.5 Å². The van der Waals surface area contributed by atoms with E-state index in [1.807, 2.05) is 61.3 Å². The Morgan fingerprint density at radius 3 is 2.33 bits per heavy atom. The molecule has 2 aromatic rings. The van der Waals surface area contributed by atoms with Gasteiger partial charge in [0.1, 0.15) is 5.75 Å². The first kappa shape index (κ1) is 20.6. The monoisotopic (exact) mass is 372 g/mol. The maximum absolute atomic E-state index is 12.5. The van der Waals surface area contributed by atoms with Crippen molar-refractivity contribution < 1.29 is 19.0 Å². The van der Waals surface area contributed by atoms with Crippen molar-refractivity contribution in [2.24, 2.45) is 0 Å². The third-order valence-electron chi connectivity index (χ3n) is 4.57. The van der Waals surface area contributed by atoms with Crippen molar-refractivity contribution >= 4 is 5.91 Å². The number of amides is 1. The average Bonchev–Trinajstić information content (AvgIpc) is 2.71. The third kappa shape index (κ3) is 5.37. The number of para-hydroxylation sites is 1. The number of rotatable bonds is 9. The first-order valence-electron chi connectivity index (χ1n) is 8.80. The molecule has 6 nitrogen and oxygen atoms in total. The van der Waals surface area contributed by atoms with Gasteiger partial charge in [0, 0.05) is 18.7 Å². The highest BCUT2D eigenvalue weighted by Gasteiger charge is 2.20. The number of carbonyl (C=O) groups is 1. The van der Waals surface area contributed by atoms with E-state index in [-0.39, 0.29) is 11.9 Å². The highest BCUT2D eigenvalue weighted by atomic mass is 16.5. The Bertz CT molecular complexity index is 746. The fourth-order valence-corrected chi connectivity index (χ4v) is 2.76. The molecule has 2 aromatic carbocycles. The van der Waals surface area contributed by atoms with Crippen LogP contribution >= 0.6 is 0 Å². The van der Waals surface area contributed by atoms with Gasteiger partial charge in [0.15, 0.2) is 11.5 Å². The van der Waals surface area contributed by atoms with Crippen LogP contribution in [-0.2, 0) is 17.9 Å². The van der Waals surface area contributed by atoms with Crippen LogP contribution in [0.3, 0.4) is 0 Å². The van der Waals surface area contributed by atoms with Crippen LogP contribution in [-0.4, -0.2) is 45.2 Å². The van der Waals surface area contributed by atoms with Crippen LogP contribution in [0.1, 0.15) is 18.1 Å². The molecule has 0 heterocycles. The van der Waals surface area contributed by atoms with E-state index in [9.17, 15) is 4.79 Å². The molecule has 1 N–H and O–H groups in total. The predicted octanol–water partition coefficient (Wildman–Crippen LogP) is 2.85. The first-order chi connectivity index (χ1) is 13.0. The summed E-state index contributed by atoms with van der Waals surface area (Å²) in [5, 5.41) is 2.98. The topological polar surface area (TPSA) is 60.0 Å². The van der Waals surface area contributed by atoms with Gasteiger partial charge in [-0.05, 0) is 37.7 Å². The largest absolute Gasteiger partial charge is 0.497 e. The molecule has 0 saturated heterocycles. The molecule has 0 aliphatic carbocycles. The summed E-state index contributed by atoms with van der Waals surface area (Å²) < 4.78 is 16.0. The van der Waals surface area contributed by atoms with Gasteiger partial charge in [-0.15, -0.1) is 0 Å². The van der Waals surface area contributed by atoms with E-state index >= 15 is 0 Å². The lowest BCUT2D eigenvalue weighted by molar-refractivity contribution is -0.125. The molecule has 0 bridgehead atoms. The Balaban J connectivity index is 1.95. The molecular weight excluding hydrogens is 344 g/mol. The average molecular weight is 372 g/mol. The fraction of sp³-hybridized carbons (Fsp3) is 0.381. The summed E-state index contributed by atoms with van der Waals surface area (Å²) in [4.78, 5) is 14.5. The second kappa shape index (κ2) is 9.83.